The number of piperidine rings is 1. The predicted octanol–water partition coefficient (Wildman–Crippen LogP) is 4.12. The fraction of sp³-hybridized carbons (Fsp3) is 0.381. The van der Waals surface area contributed by atoms with Crippen molar-refractivity contribution < 1.29 is 13.2 Å². The molecule has 0 radical (unpaired) electrons. The summed E-state index contributed by atoms with van der Waals surface area (Å²) in [6.07, 6.45) is 3.10. The summed E-state index contributed by atoms with van der Waals surface area (Å²) in [7, 11) is -3.76. The number of nitrogens with one attached hydrogen (secondary N) is 1. The zero-order chi connectivity index (χ0) is 19.6. The quantitative estimate of drug-likeness (QED) is 0.859. The molecular weight excluding hydrogens is 360 g/mol. The lowest BCUT2D eigenvalue weighted by atomic mass is 10.0. The van der Waals surface area contributed by atoms with Crippen molar-refractivity contribution in [1.82, 2.24) is 4.90 Å². The number of aryl methyl sites for hydroxylation is 2. The molecule has 2 aromatic carbocycles. The maximum absolute atomic E-state index is 13.0. The van der Waals surface area contributed by atoms with Crippen molar-refractivity contribution in [3.63, 3.8) is 0 Å². The number of hydrogen-bond donors (Lipinski definition) is 1. The summed E-state index contributed by atoms with van der Waals surface area (Å²) in [5, 5.41) is 0. The van der Waals surface area contributed by atoms with Gasteiger partial charge in [0.15, 0.2) is 0 Å². The lowest BCUT2D eigenvalue weighted by molar-refractivity contribution is 0.0634. The Morgan fingerprint density at radius 1 is 1.07 bits per heavy atom. The van der Waals surface area contributed by atoms with E-state index >= 15 is 0 Å². The molecule has 1 aliphatic heterocycles. The minimum atomic E-state index is -3.76. The van der Waals surface area contributed by atoms with E-state index in [4.69, 9.17) is 0 Å². The SMILES string of the molecule is Cc1ccc(NS(=O)(=O)c2ccc(C)c(C(=O)N3CCCCC3C)c2)cc1. The van der Waals surface area contributed by atoms with Gasteiger partial charge in [0.1, 0.15) is 0 Å². The lowest BCUT2D eigenvalue weighted by Gasteiger charge is -2.34. The molecule has 0 bridgehead atoms. The lowest BCUT2D eigenvalue weighted by Crippen LogP contribution is -2.42. The zero-order valence-corrected chi connectivity index (χ0v) is 16.8. The summed E-state index contributed by atoms with van der Waals surface area (Å²) in [6.45, 7) is 6.55. The standard InChI is InChI=1S/C21H26N2O3S/c1-15-7-10-18(11-8-15)22-27(25,26)19-12-9-16(2)20(14-19)21(24)23-13-5-4-6-17(23)3/h7-12,14,17,22H,4-6,13H2,1-3H3. The fourth-order valence-corrected chi connectivity index (χ4v) is 4.47. The molecule has 0 aliphatic carbocycles. The maximum atomic E-state index is 13.0. The van der Waals surface area contributed by atoms with Crippen molar-refractivity contribution in [1.29, 1.82) is 0 Å². The van der Waals surface area contributed by atoms with Crippen LogP contribution in [0.3, 0.4) is 0 Å². The molecule has 1 fully saturated rings. The summed E-state index contributed by atoms with van der Waals surface area (Å²) in [5.41, 5.74) is 2.79. The van der Waals surface area contributed by atoms with Crippen molar-refractivity contribution in [2.75, 3.05) is 11.3 Å². The molecule has 0 spiro atoms. The molecule has 3 rings (SSSR count). The number of benzene rings is 2. The molecule has 5 nitrogen and oxygen atoms in total. The Morgan fingerprint density at radius 2 is 1.78 bits per heavy atom. The van der Waals surface area contributed by atoms with Crippen LogP contribution in [-0.4, -0.2) is 31.8 Å². The van der Waals surface area contributed by atoms with Crippen LogP contribution in [0.2, 0.25) is 0 Å². The largest absolute Gasteiger partial charge is 0.336 e. The normalized spacial score (nSPS) is 17.6. The van der Waals surface area contributed by atoms with Gasteiger partial charge in [-0.05, 0) is 69.9 Å². The monoisotopic (exact) mass is 386 g/mol. The van der Waals surface area contributed by atoms with Crippen LogP contribution in [0.15, 0.2) is 47.4 Å². The molecule has 1 heterocycles. The Hall–Kier alpha value is -2.34. The summed E-state index contributed by atoms with van der Waals surface area (Å²) in [4.78, 5) is 15.0. The molecule has 1 N–H and O–H groups in total. The molecule has 0 aromatic heterocycles. The van der Waals surface area contributed by atoms with Crippen LogP contribution in [0.4, 0.5) is 5.69 Å². The van der Waals surface area contributed by atoms with E-state index in [0.717, 1.165) is 36.9 Å². The first-order chi connectivity index (χ1) is 12.8. The van der Waals surface area contributed by atoms with Crippen LogP contribution >= 0.6 is 0 Å². The highest BCUT2D eigenvalue weighted by atomic mass is 32.2. The van der Waals surface area contributed by atoms with Crippen molar-refractivity contribution in [3.8, 4) is 0 Å². The Balaban J connectivity index is 1.89. The predicted molar refractivity (Wildman–Crippen MR) is 108 cm³/mol. The highest BCUT2D eigenvalue weighted by molar-refractivity contribution is 7.92. The molecular formula is C21H26N2O3S. The Bertz CT molecular complexity index is 936. The molecule has 1 aliphatic rings. The van der Waals surface area contributed by atoms with E-state index in [0.29, 0.717) is 11.3 Å². The van der Waals surface area contributed by atoms with E-state index in [1.54, 1.807) is 24.3 Å². The molecule has 0 saturated carbocycles. The number of hydrogen-bond acceptors (Lipinski definition) is 3. The first-order valence-corrected chi connectivity index (χ1v) is 10.8. The number of sulfonamides is 1. The molecule has 2 aromatic rings. The summed E-state index contributed by atoms with van der Waals surface area (Å²) in [6, 6.07) is 12.1. The van der Waals surface area contributed by atoms with Gasteiger partial charge < -0.3 is 4.90 Å². The average Bonchev–Trinajstić information content (AvgIpc) is 2.63. The molecule has 144 valence electrons. The molecule has 6 heteroatoms. The number of amides is 1. The van der Waals surface area contributed by atoms with Gasteiger partial charge in [0, 0.05) is 23.8 Å². The Morgan fingerprint density at radius 3 is 2.44 bits per heavy atom. The van der Waals surface area contributed by atoms with Gasteiger partial charge in [0.05, 0.1) is 4.90 Å². The first kappa shape index (κ1) is 19.4. The van der Waals surface area contributed by atoms with Gasteiger partial charge >= 0.3 is 0 Å². The van der Waals surface area contributed by atoms with Crippen LogP contribution in [0, 0.1) is 13.8 Å². The van der Waals surface area contributed by atoms with Gasteiger partial charge in [-0.1, -0.05) is 23.8 Å². The van der Waals surface area contributed by atoms with E-state index in [1.165, 1.54) is 6.07 Å². The van der Waals surface area contributed by atoms with E-state index in [-0.39, 0.29) is 16.8 Å². The Labute approximate surface area is 161 Å². The number of carbonyl (C=O) groups excluding carboxylic acids is 1. The van der Waals surface area contributed by atoms with Gasteiger partial charge in [-0.3, -0.25) is 9.52 Å². The van der Waals surface area contributed by atoms with Crippen LogP contribution in [-0.2, 0) is 10.0 Å². The van der Waals surface area contributed by atoms with E-state index in [2.05, 4.69) is 4.72 Å². The highest BCUT2D eigenvalue weighted by Gasteiger charge is 2.26. The number of anilines is 1. The molecule has 1 unspecified atom stereocenters. The minimum absolute atomic E-state index is 0.0907. The summed E-state index contributed by atoms with van der Waals surface area (Å²) < 4.78 is 28.1. The fourth-order valence-electron chi connectivity index (χ4n) is 3.39. The van der Waals surface area contributed by atoms with Gasteiger partial charge in [-0.2, -0.15) is 0 Å². The van der Waals surface area contributed by atoms with E-state index in [1.807, 2.05) is 37.8 Å². The number of rotatable bonds is 4. The second kappa shape index (κ2) is 7.72. The first-order valence-electron chi connectivity index (χ1n) is 9.29. The number of carbonyl (C=O) groups is 1. The van der Waals surface area contributed by atoms with Gasteiger partial charge in [0.2, 0.25) is 0 Å². The number of likely N-dealkylation sites (tertiary alicyclic amines) is 1. The summed E-state index contributed by atoms with van der Waals surface area (Å²) in [5.74, 6) is -0.0907. The topological polar surface area (TPSA) is 66.5 Å². The molecule has 1 atom stereocenters. The third-order valence-corrected chi connectivity index (χ3v) is 6.50. The zero-order valence-electron chi connectivity index (χ0n) is 16.0. The smallest absolute Gasteiger partial charge is 0.261 e. The van der Waals surface area contributed by atoms with Gasteiger partial charge in [-0.25, -0.2) is 8.42 Å². The van der Waals surface area contributed by atoms with Crippen molar-refractivity contribution >= 4 is 21.6 Å². The molecule has 27 heavy (non-hydrogen) atoms. The second-order valence-electron chi connectivity index (χ2n) is 7.29. The van der Waals surface area contributed by atoms with Crippen molar-refractivity contribution in [2.45, 2.75) is 51.0 Å². The second-order valence-corrected chi connectivity index (χ2v) is 8.97. The third-order valence-electron chi connectivity index (χ3n) is 5.12. The summed E-state index contributed by atoms with van der Waals surface area (Å²) >= 11 is 0. The average molecular weight is 387 g/mol. The third kappa shape index (κ3) is 4.33. The van der Waals surface area contributed by atoms with E-state index < -0.39 is 10.0 Å². The minimum Gasteiger partial charge on any atom is -0.336 e. The molecule has 1 amide bonds. The van der Waals surface area contributed by atoms with Crippen molar-refractivity contribution in [3.05, 3.63) is 59.2 Å². The van der Waals surface area contributed by atoms with Gasteiger partial charge in [-0.15, -0.1) is 0 Å². The number of nitrogens with zero attached hydrogens (tertiary/aromatic N) is 1. The van der Waals surface area contributed by atoms with Crippen LogP contribution in [0.5, 0.6) is 0 Å². The van der Waals surface area contributed by atoms with E-state index in [9.17, 15) is 13.2 Å². The van der Waals surface area contributed by atoms with Gasteiger partial charge in [0.25, 0.3) is 15.9 Å². The maximum Gasteiger partial charge on any atom is 0.261 e. The highest BCUT2D eigenvalue weighted by Crippen LogP contribution is 2.24. The van der Waals surface area contributed by atoms with Crippen LogP contribution < -0.4 is 4.72 Å². The van der Waals surface area contributed by atoms with Crippen LogP contribution in [0.25, 0.3) is 0 Å². The Kier molecular flexibility index (Phi) is 5.56. The van der Waals surface area contributed by atoms with Crippen molar-refractivity contribution in [2.24, 2.45) is 0 Å². The molecule has 1 saturated heterocycles. The van der Waals surface area contributed by atoms with Crippen LogP contribution in [0.1, 0.15) is 47.7 Å².